The van der Waals surface area contributed by atoms with Gasteiger partial charge in [-0.2, -0.15) is 0 Å². The first-order chi connectivity index (χ1) is 5.47. The molecule has 0 radical (unpaired) electrons. The van der Waals surface area contributed by atoms with E-state index < -0.39 is 10.2 Å². The maximum atomic E-state index is 11.2. The van der Waals surface area contributed by atoms with Crippen LogP contribution in [0.15, 0.2) is 28.7 Å². The third kappa shape index (κ3) is 3.36. The Bertz CT molecular complexity index is 301. The molecule has 2 nitrogen and oxygen atoms in total. The maximum absolute atomic E-state index is 11.2. The molecule has 0 unspecified atom stereocenters. The lowest BCUT2D eigenvalue weighted by molar-refractivity contribution is 0.511. The van der Waals surface area contributed by atoms with Gasteiger partial charge >= 0.3 is 0 Å². The van der Waals surface area contributed by atoms with E-state index in [1.165, 1.54) is 0 Å². The topological polar surface area (TPSA) is 26.3 Å². The molecule has 1 aromatic rings. The Morgan fingerprint density at radius 3 is 2.17 bits per heavy atom. The SMILES string of the molecule is C[S+](C)(=O)Oc1ccc(Br)cc1. The standard InChI is InChI=1S/C8H10BrO2S/c1-12(2,10)11-8-5-3-7(9)4-6-8/h3-6H,1-2H3/q+1. The van der Waals surface area contributed by atoms with Gasteiger partial charge in [0, 0.05) is 4.47 Å². The lowest BCUT2D eigenvalue weighted by Gasteiger charge is -2.01. The summed E-state index contributed by atoms with van der Waals surface area (Å²) in [4.78, 5) is 0. The predicted molar refractivity (Wildman–Crippen MR) is 54.7 cm³/mol. The largest absolute Gasteiger partial charge is 0.287 e. The minimum atomic E-state index is -2.16. The van der Waals surface area contributed by atoms with Gasteiger partial charge in [-0.1, -0.05) is 20.1 Å². The molecule has 0 atom stereocenters. The number of hydrogen-bond acceptors (Lipinski definition) is 2. The Labute approximate surface area is 81.7 Å². The molecule has 1 aromatic carbocycles. The summed E-state index contributed by atoms with van der Waals surface area (Å²) >= 11 is 3.30. The van der Waals surface area contributed by atoms with Crippen molar-refractivity contribution in [3.8, 4) is 5.75 Å². The van der Waals surface area contributed by atoms with Gasteiger partial charge in [-0.15, -0.1) is 0 Å². The van der Waals surface area contributed by atoms with Crippen molar-refractivity contribution in [3.63, 3.8) is 0 Å². The van der Waals surface area contributed by atoms with Crippen LogP contribution in [0.1, 0.15) is 0 Å². The first-order valence-electron chi connectivity index (χ1n) is 3.36. The number of halogens is 1. The molecule has 66 valence electrons. The maximum Gasteiger partial charge on any atom is 0.253 e. The molecule has 0 aliphatic rings. The van der Waals surface area contributed by atoms with E-state index in [4.69, 9.17) is 4.18 Å². The van der Waals surface area contributed by atoms with Crippen LogP contribution in [0.3, 0.4) is 0 Å². The molecular formula is C8H10BrO2S+. The summed E-state index contributed by atoms with van der Waals surface area (Å²) in [6, 6.07) is 7.24. The van der Waals surface area contributed by atoms with E-state index in [9.17, 15) is 4.21 Å². The van der Waals surface area contributed by atoms with E-state index in [-0.39, 0.29) is 0 Å². The Hall–Kier alpha value is -0.350. The molecule has 0 heterocycles. The highest BCUT2D eigenvalue weighted by Crippen LogP contribution is 2.18. The van der Waals surface area contributed by atoms with E-state index in [0.717, 1.165) is 4.47 Å². The number of benzene rings is 1. The summed E-state index contributed by atoms with van der Waals surface area (Å²) < 4.78 is 17.4. The average Bonchev–Trinajstić information content (AvgIpc) is 1.91. The van der Waals surface area contributed by atoms with E-state index in [1.54, 1.807) is 24.6 Å². The van der Waals surface area contributed by atoms with Crippen molar-refractivity contribution in [2.75, 3.05) is 12.5 Å². The van der Waals surface area contributed by atoms with Crippen molar-refractivity contribution >= 4 is 26.1 Å². The quantitative estimate of drug-likeness (QED) is 0.754. The lowest BCUT2D eigenvalue weighted by atomic mass is 10.3. The van der Waals surface area contributed by atoms with E-state index in [1.807, 2.05) is 12.1 Å². The predicted octanol–water partition coefficient (Wildman–Crippen LogP) is 2.50. The third-order valence-corrected chi connectivity index (χ3v) is 2.23. The average molecular weight is 250 g/mol. The second-order valence-electron chi connectivity index (χ2n) is 2.68. The molecular weight excluding hydrogens is 240 g/mol. The number of hydrogen-bond donors (Lipinski definition) is 0. The van der Waals surface area contributed by atoms with Crippen LogP contribution < -0.4 is 4.18 Å². The minimum Gasteiger partial charge on any atom is -0.287 e. The Morgan fingerprint density at radius 1 is 1.25 bits per heavy atom. The molecule has 0 N–H and O–H groups in total. The second-order valence-corrected chi connectivity index (χ2v) is 6.05. The highest BCUT2D eigenvalue weighted by molar-refractivity contribution is 9.10. The van der Waals surface area contributed by atoms with Crippen LogP contribution in [0.5, 0.6) is 5.75 Å². The summed E-state index contributed by atoms with van der Waals surface area (Å²) in [6.45, 7) is 0. The fourth-order valence-electron chi connectivity index (χ4n) is 0.722. The van der Waals surface area contributed by atoms with Crippen molar-refractivity contribution < 1.29 is 8.39 Å². The van der Waals surface area contributed by atoms with Gasteiger partial charge in [0.05, 0.1) is 0 Å². The monoisotopic (exact) mass is 249 g/mol. The normalized spacial score (nSPS) is 11.2. The summed E-state index contributed by atoms with van der Waals surface area (Å²) in [5.41, 5.74) is 0. The Morgan fingerprint density at radius 2 is 1.75 bits per heavy atom. The molecule has 0 saturated carbocycles. The van der Waals surface area contributed by atoms with Crippen LogP contribution in [0.4, 0.5) is 0 Å². The zero-order valence-electron chi connectivity index (χ0n) is 6.91. The molecule has 12 heavy (non-hydrogen) atoms. The highest BCUT2D eigenvalue weighted by Gasteiger charge is 2.14. The van der Waals surface area contributed by atoms with Gasteiger partial charge < -0.3 is 0 Å². The van der Waals surface area contributed by atoms with E-state index in [2.05, 4.69) is 15.9 Å². The third-order valence-electron chi connectivity index (χ3n) is 1.11. The van der Waals surface area contributed by atoms with Crippen molar-refractivity contribution in [1.29, 1.82) is 0 Å². The minimum absolute atomic E-state index is 0.633. The summed E-state index contributed by atoms with van der Waals surface area (Å²) in [5.74, 6) is 0.633. The Balaban J connectivity index is 2.78. The molecule has 1 rings (SSSR count). The van der Waals surface area contributed by atoms with E-state index >= 15 is 0 Å². The van der Waals surface area contributed by atoms with Gasteiger partial charge in [-0.25, -0.2) is 0 Å². The van der Waals surface area contributed by atoms with Gasteiger partial charge in [0.1, 0.15) is 12.5 Å². The van der Waals surface area contributed by atoms with Gasteiger partial charge in [0.2, 0.25) is 0 Å². The highest BCUT2D eigenvalue weighted by atomic mass is 79.9. The zero-order chi connectivity index (χ0) is 9.19. The van der Waals surface area contributed by atoms with Crippen LogP contribution in [-0.2, 0) is 14.4 Å². The first-order valence-corrected chi connectivity index (χ1v) is 6.46. The molecule has 0 fully saturated rings. The number of rotatable bonds is 2. The van der Waals surface area contributed by atoms with Crippen molar-refractivity contribution in [1.82, 2.24) is 0 Å². The van der Waals surface area contributed by atoms with Gasteiger partial charge in [0.25, 0.3) is 10.2 Å². The molecule has 0 aliphatic heterocycles. The molecule has 0 spiro atoms. The first kappa shape index (κ1) is 9.74. The Kier molecular flexibility index (Phi) is 2.90. The van der Waals surface area contributed by atoms with Crippen LogP contribution in [0, 0.1) is 0 Å². The van der Waals surface area contributed by atoms with Crippen molar-refractivity contribution in [2.45, 2.75) is 0 Å². The van der Waals surface area contributed by atoms with Crippen molar-refractivity contribution in [3.05, 3.63) is 28.7 Å². The molecule has 0 aromatic heterocycles. The second kappa shape index (κ2) is 3.58. The fourth-order valence-corrected chi connectivity index (χ4v) is 1.56. The fraction of sp³-hybridized carbons (Fsp3) is 0.250. The van der Waals surface area contributed by atoms with Crippen molar-refractivity contribution in [2.24, 2.45) is 0 Å². The van der Waals surface area contributed by atoms with E-state index in [0.29, 0.717) is 5.75 Å². The molecule has 0 bridgehead atoms. The molecule has 4 heteroatoms. The van der Waals surface area contributed by atoms with Gasteiger partial charge in [0.15, 0.2) is 5.75 Å². The molecule has 0 saturated heterocycles. The smallest absolute Gasteiger partial charge is 0.253 e. The zero-order valence-corrected chi connectivity index (χ0v) is 9.31. The van der Waals surface area contributed by atoms with Crippen LogP contribution in [0.2, 0.25) is 0 Å². The van der Waals surface area contributed by atoms with Crippen LogP contribution in [-0.4, -0.2) is 12.5 Å². The summed E-state index contributed by atoms with van der Waals surface area (Å²) in [6.07, 6.45) is 3.13. The molecule has 0 amide bonds. The van der Waals surface area contributed by atoms with Gasteiger partial charge in [-0.3, -0.25) is 4.18 Å². The van der Waals surface area contributed by atoms with Gasteiger partial charge in [-0.05, 0) is 24.3 Å². The van der Waals surface area contributed by atoms with Crippen LogP contribution in [0.25, 0.3) is 0 Å². The lowest BCUT2D eigenvalue weighted by Crippen LogP contribution is -2.13. The summed E-state index contributed by atoms with van der Waals surface area (Å²) in [5, 5.41) is 0. The summed E-state index contributed by atoms with van der Waals surface area (Å²) in [7, 11) is -2.16. The van der Waals surface area contributed by atoms with Crippen LogP contribution >= 0.6 is 15.9 Å². The molecule has 0 aliphatic carbocycles.